The predicted molar refractivity (Wildman–Crippen MR) is 77.0 cm³/mol. The van der Waals surface area contributed by atoms with Crippen LogP contribution < -0.4 is 4.74 Å². The molecule has 0 radical (unpaired) electrons. The average molecular weight is 260 g/mol. The van der Waals surface area contributed by atoms with Crippen LogP contribution in [0.4, 0.5) is 0 Å². The molecule has 0 fully saturated rings. The Kier molecular flexibility index (Phi) is 6.44. The summed E-state index contributed by atoms with van der Waals surface area (Å²) in [5, 5.41) is 0. The van der Waals surface area contributed by atoms with Gasteiger partial charge in [-0.2, -0.15) is 0 Å². The second-order valence-electron chi connectivity index (χ2n) is 3.98. The Hall–Kier alpha value is -2.03. The number of hydrogen-bond donors (Lipinski definition) is 0. The Morgan fingerprint density at radius 2 is 1.89 bits per heavy atom. The summed E-state index contributed by atoms with van der Waals surface area (Å²) in [6, 6.07) is 7.94. The van der Waals surface area contributed by atoms with Crippen LogP contribution in [0.1, 0.15) is 25.3 Å². The maximum Gasteiger partial charge on any atom is 0.309 e. The quantitative estimate of drug-likeness (QED) is 0.579. The summed E-state index contributed by atoms with van der Waals surface area (Å²) in [5.74, 6) is 0.618. The highest BCUT2D eigenvalue weighted by molar-refractivity contribution is 5.71. The molecule has 0 spiro atoms. The van der Waals surface area contributed by atoms with Crippen molar-refractivity contribution in [2.45, 2.75) is 19.8 Å². The van der Waals surface area contributed by atoms with Gasteiger partial charge in [-0.1, -0.05) is 37.3 Å². The van der Waals surface area contributed by atoms with E-state index in [0.717, 1.165) is 17.7 Å². The maximum atomic E-state index is 11.0. The lowest BCUT2D eigenvalue weighted by molar-refractivity contribution is -0.139. The number of methoxy groups -OCH3 is 2. The highest BCUT2D eigenvalue weighted by atomic mass is 16.5. The first kappa shape index (κ1) is 15.0. The summed E-state index contributed by atoms with van der Waals surface area (Å²) in [6.45, 7) is 2.10. The van der Waals surface area contributed by atoms with Crippen LogP contribution in [0.2, 0.25) is 0 Å². The van der Waals surface area contributed by atoms with E-state index in [1.165, 1.54) is 12.7 Å². The molecule has 0 bridgehead atoms. The summed E-state index contributed by atoms with van der Waals surface area (Å²) in [7, 11) is 3.04. The van der Waals surface area contributed by atoms with Crippen molar-refractivity contribution in [3.05, 3.63) is 48.1 Å². The first-order chi connectivity index (χ1) is 9.21. The third-order valence-electron chi connectivity index (χ3n) is 2.79. The van der Waals surface area contributed by atoms with Crippen LogP contribution in [-0.4, -0.2) is 20.2 Å². The number of ether oxygens (including phenoxy) is 2. The zero-order valence-electron chi connectivity index (χ0n) is 11.7. The van der Waals surface area contributed by atoms with Gasteiger partial charge < -0.3 is 9.47 Å². The molecule has 0 N–H and O–H groups in total. The highest BCUT2D eigenvalue weighted by Crippen LogP contribution is 2.21. The Morgan fingerprint density at radius 1 is 1.21 bits per heavy atom. The third-order valence-corrected chi connectivity index (χ3v) is 2.79. The third kappa shape index (κ3) is 5.00. The first-order valence-corrected chi connectivity index (χ1v) is 6.28. The Bertz CT molecular complexity index is 455. The molecule has 0 aromatic heterocycles. The van der Waals surface area contributed by atoms with E-state index in [-0.39, 0.29) is 5.97 Å². The largest absolute Gasteiger partial charge is 0.497 e. The lowest BCUT2D eigenvalue weighted by Crippen LogP contribution is -1.96. The van der Waals surface area contributed by atoms with Gasteiger partial charge in [0.1, 0.15) is 5.75 Å². The Labute approximate surface area is 114 Å². The topological polar surface area (TPSA) is 35.5 Å². The number of allylic oxidation sites excluding steroid dienone is 3. The zero-order valence-corrected chi connectivity index (χ0v) is 11.7. The number of hydrogen-bond acceptors (Lipinski definition) is 3. The van der Waals surface area contributed by atoms with Gasteiger partial charge >= 0.3 is 5.97 Å². The van der Waals surface area contributed by atoms with Crippen molar-refractivity contribution in [1.82, 2.24) is 0 Å². The van der Waals surface area contributed by atoms with Gasteiger partial charge in [0.15, 0.2) is 0 Å². The lowest BCUT2D eigenvalue weighted by atomic mass is 10.0. The molecule has 19 heavy (non-hydrogen) atoms. The molecule has 0 aliphatic heterocycles. The fraction of sp³-hybridized carbons (Fsp3) is 0.312. The van der Waals surface area contributed by atoms with Gasteiger partial charge in [0.2, 0.25) is 0 Å². The molecule has 0 unspecified atom stereocenters. The van der Waals surface area contributed by atoms with E-state index in [0.29, 0.717) is 6.42 Å². The second-order valence-corrected chi connectivity index (χ2v) is 3.98. The van der Waals surface area contributed by atoms with Crippen molar-refractivity contribution in [1.29, 1.82) is 0 Å². The summed E-state index contributed by atoms with van der Waals surface area (Å²) < 4.78 is 9.70. The molecule has 1 aromatic rings. The Balaban J connectivity index is 2.72. The van der Waals surface area contributed by atoms with Crippen LogP contribution in [0, 0.1) is 0 Å². The van der Waals surface area contributed by atoms with Gasteiger partial charge in [-0.25, -0.2) is 0 Å². The normalized spacial score (nSPS) is 11.6. The van der Waals surface area contributed by atoms with Gasteiger partial charge in [0.05, 0.1) is 20.6 Å². The van der Waals surface area contributed by atoms with E-state index < -0.39 is 0 Å². The van der Waals surface area contributed by atoms with Gasteiger partial charge in [-0.15, -0.1) is 0 Å². The van der Waals surface area contributed by atoms with Crippen molar-refractivity contribution in [3.63, 3.8) is 0 Å². The molecule has 0 saturated carbocycles. The van der Waals surface area contributed by atoms with E-state index >= 15 is 0 Å². The number of carbonyl (C=O) groups excluding carboxylic acids is 1. The molecule has 1 rings (SSSR count). The minimum absolute atomic E-state index is 0.229. The summed E-state index contributed by atoms with van der Waals surface area (Å²) in [5.41, 5.74) is 2.37. The monoisotopic (exact) mass is 260 g/mol. The maximum absolute atomic E-state index is 11.0. The molecule has 0 aliphatic carbocycles. The van der Waals surface area contributed by atoms with Crippen molar-refractivity contribution < 1.29 is 14.3 Å². The van der Waals surface area contributed by atoms with Gasteiger partial charge in [0, 0.05) is 0 Å². The number of carbonyl (C=O) groups is 1. The fourth-order valence-electron chi connectivity index (χ4n) is 1.66. The van der Waals surface area contributed by atoms with Gasteiger partial charge in [-0.3, -0.25) is 4.79 Å². The standard InChI is InChI=1S/C16H20O3/c1-4-13(7-5-6-8-16(17)19-3)14-9-11-15(18-2)12-10-14/h5-7,9-12H,4,8H2,1-3H3/b6-5+,13-7+. The molecule has 0 atom stereocenters. The number of benzene rings is 1. The molecule has 3 heteroatoms. The Morgan fingerprint density at radius 3 is 2.42 bits per heavy atom. The van der Waals surface area contributed by atoms with Crippen LogP contribution in [0.25, 0.3) is 5.57 Å². The van der Waals surface area contributed by atoms with Crippen molar-refractivity contribution in [2.24, 2.45) is 0 Å². The summed E-state index contributed by atoms with van der Waals surface area (Å²) >= 11 is 0. The fourth-order valence-corrected chi connectivity index (χ4v) is 1.66. The molecule has 3 nitrogen and oxygen atoms in total. The van der Waals surface area contributed by atoms with E-state index in [1.54, 1.807) is 13.2 Å². The molecule has 102 valence electrons. The molecular formula is C16H20O3. The molecule has 0 aliphatic rings. The van der Waals surface area contributed by atoms with Crippen molar-refractivity contribution in [2.75, 3.05) is 14.2 Å². The molecule has 1 aromatic carbocycles. The number of rotatable bonds is 6. The SMILES string of the molecule is CC/C(=C\C=C\CC(=O)OC)c1ccc(OC)cc1. The molecule has 0 amide bonds. The molecule has 0 saturated heterocycles. The molecule has 0 heterocycles. The van der Waals surface area contributed by atoms with E-state index in [4.69, 9.17) is 4.74 Å². The van der Waals surface area contributed by atoms with Crippen LogP contribution in [-0.2, 0) is 9.53 Å². The van der Waals surface area contributed by atoms with Gasteiger partial charge in [-0.05, 0) is 29.7 Å². The first-order valence-electron chi connectivity index (χ1n) is 6.28. The lowest BCUT2D eigenvalue weighted by Gasteiger charge is -2.05. The van der Waals surface area contributed by atoms with E-state index in [1.807, 2.05) is 36.4 Å². The van der Waals surface area contributed by atoms with Crippen LogP contribution in [0.5, 0.6) is 5.75 Å². The summed E-state index contributed by atoms with van der Waals surface area (Å²) in [4.78, 5) is 11.0. The summed E-state index contributed by atoms with van der Waals surface area (Å²) in [6.07, 6.45) is 6.93. The van der Waals surface area contributed by atoms with Crippen molar-refractivity contribution >= 4 is 11.5 Å². The number of esters is 1. The minimum atomic E-state index is -0.229. The zero-order chi connectivity index (χ0) is 14.1. The van der Waals surface area contributed by atoms with Crippen LogP contribution >= 0.6 is 0 Å². The second kappa shape index (κ2) is 8.14. The highest BCUT2D eigenvalue weighted by Gasteiger charge is 1.99. The van der Waals surface area contributed by atoms with Crippen LogP contribution in [0.15, 0.2) is 42.5 Å². The predicted octanol–water partition coefficient (Wildman–Crippen LogP) is 3.61. The van der Waals surface area contributed by atoms with Crippen LogP contribution in [0.3, 0.4) is 0 Å². The smallest absolute Gasteiger partial charge is 0.309 e. The van der Waals surface area contributed by atoms with E-state index in [9.17, 15) is 4.79 Å². The minimum Gasteiger partial charge on any atom is -0.497 e. The van der Waals surface area contributed by atoms with Gasteiger partial charge in [0.25, 0.3) is 0 Å². The molecular weight excluding hydrogens is 240 g/mol. The van der Waals surface area contributed by atoms with Crippen molar-refractivity contribution in [3.8, 4) is 5.75 Å². The average Bonchev–Trinajstić information content (AvgIpc) is 2.47. The van der Waals surface area contributed by atoms with E-state index in [2.05, 4.69) is 11.7 Å².